The molecule has 2 heterocycles. The standard InChI is InChI=1S/C29H27BrFN3O6S/c1-38-23-5-3-18(4-6-23)17-41(36,37)26-16-32-25-14-20(30)13-24(31)27(25)28(26)33-21-11-19(29(35)39-2)12-22(15-21)34-7-9-40-10-8-34/h3-6,11-16H,7-10,17H2,1-2H3,(H,32,33). The van der Waals surface area contributed by atoms with Crippen molar-refractivity contribution in [3.63, 3.8) is 0 Å². The van der Waals surface area contributed by atoms with Crippen molar-refractivity contribution in [1.82, 2.24) is 4.98 Å². The largest absolute Gasteiger partial charge is 0.497 e. The fourth-order valence-electron chi connectivity index (χ4n) is 4.67. The smallest absolute Gasteiger partial charge is 0.337 e. The maximum atomic E-state index is 15.5. The number of halogens is 2. The van der Waals surface area contributed by atoms with Crippen LogP contribution in [0.1, 0.15) is 15.9 Å². The van der Waals surface area contributed by atoms with Crippen LogP contribution < -0.4 is 15.0 Å². The van der Waals surface area contributed by atoms with E-state index in [0.29, 0.717) is 53.5 Å². The van der Waals surface area contributed by atoms with Crippen molar-refractivity contribution < 1.29 is 31.8 Å². The number of hydrogen-bond acceptors (Lipinski definition) is 9. The van der Waals surface area contributed by atoms with Gasteiger partial charge in [0, 0.05) is 35.1 Å². The number of anilines is 3. The van der Waals surface area contributed by atoms with Gasteiger partial charge in [0.05, 0.1) is 55.3 Å². The Morgan fingerprint density at radius 3 is 2.51 bits per heavy atom. The van der Waals surface area contributed by atoms with E-state index in [9.17, 15) is 13.2 Å². The molecule has 1 fully saturated rings. The second-order valence-corrected chi connectivity index (χ2v) is 12.2. The molecule has 0 atom stereocenters. The molecule has 9 nitrogen and oxygen atoms in total. The van der Waals surface area contributed by atoms with Crippen molar-refractivity contribution in [3.05, 3.63) is 82.2 Å². The highest BCUT2D eigenvalue weighted by molar-refractivity contribution is 9.10. The lowest BCUT2D eigenvalue weighted by atomic mass is 10.1. The van der Waals surface area contributed by atoms with Gasteiger partial charge in [-0.3, -0.25) is 4.98 Å². The van der Waals surface area contributed by atoms with Crippen LogP contribution in [0.4, 0.5) is 21.5 Å². The third-order valence-corrected chi connectivity index (χ3v) is 8.84. The van der Waals surface area contributed by atoms with Gasteiger partial charge in [0.15, 0.2) is 9.84 Å². The summed E-state index contributed by atoms with van der Waals surface area (Å²) in [5.41, 5.74) is 2.13. The van der Waals surface area contributed by atoms with Gasteiger partial charge < -0.3 is 24.4 Å². The highest BCUT2D eigenvalue weighted by atomic mass is 79.9. The summed E-state index contributed by atoms with van der Waals surface area (Å²) in [7, 11) is -1.22. The fraction of sp³-hybridized carbons (Fsp3) is 0.241. The van der Waals surface area contributed by atoms with E-state index in [4.69, 9.17) is 14.2 Å². The quantitative estimate of drug-likeness (QED) is 0.250. The van der Waals surface area contributed by atoms with Crippen LogP contribution in [0.25, 0.3) is 10.9 Å². The first kappa shape index (κ1) is 28.8. The molecule has 0 radical (unpaired) electrons. The third-order valence-electron chi connectivity index (χ3n) is 6.69. The normalized spacial score (nSPS) is 13.7. The molecule has 1 aliphatic rings. The molecule has 0 unspecified atom stereocenters. The monoisotopic (exact) mass is 643 g/mol. The maximum Gasteiger partial charge on any atom is 0.337 e. The highest BCUT2D eigenvalue weighted by Gasteiger charge is 2.25. The molecule has 1 saturated heterocycles. The number of morpholine rings is 1. The average molecular weight is 645 g/mol. The van der Waals surface area contributed by atoms with E-state index < -0.39 is 21.6 Å². The van der Waals surface area contributed by atoms with Gasteiger partial charge in [-0.25, -0.2) is 17.6 Å². The van der Waals surface area contributed by atoms with Crippen LogP contribution in [0.5, 0.6) is 5.75 Å². The number of nitrogens with zero attached hydrogens (tertiary/aromatic N) is 2. The van der Waals surface area contributed by atoms with Crippen LogP contribution in [0.2, 0.25) is 0 Å². The lowest BCUT2D eigenvalue weighted by Gasteiger charge is -2.29. The van der Waals surface area contributed by atoms with Gasteiger partial charge in [-0.15, -0.1) is 0 Å². The molecule has 0 bridgehead atoms. The first-order valence-corrected chi connectivity index (χ1v) is 15.1. The lowest BCUT2D eigenvalue weighted by Crippen LogP contribution is -2.36. The molecule has 0 spiro atoms. The summed E-state index contributed by atoms with van der Waals surface area (Å²) in [5, 5.41) is 3.13. The number of nitrogens with one attached hydrogen (secondary N) is 1. The zero-order valence-corrected chi connectivity index (χ0v) is 24.7. The minimum atomic E-state index is -4.03. The van der Waals surface area contributed by atoms with Crippen molar-refractivity contribution >= 4 is 59.7 Å². The van der Waals surface area contributed by atoms with Gasteiger partial charge in [-0.1, -0.05) is 28.1 Å². The van der Waals surface area contributed by atoms with Crippen molar-refractivity contribution in [2.45, 2.75) is 10.6 Å². The number of esters is 1. The second kappa shape index (κ2) is 12.0. The number of carbonyl (C=O) groups excluding carboxylic acids is 1. The molecular weight excluding hydrogens is 617 g/mol. The number of carbonyl (C=O) groups is 1. The molecule has 12 heteroatoms. The molecule has 1 aliphatic heterocycles. The predicted octanol–water partition coefficient (Wildman–Crippen LogP) is 5.49. The molecular formula is C29H27BrFN3O6S. The summed E-state index contributed by atoms with van der Waals surface area (Å²) in [4.78, 5) is 18.7. The SMILES string of the molecule is COC(=O)c1cc(Nc2c(S(=O)(=O)Cc3ccc(OC)cc3)cnc3cc(Br)cc(F)c23)cc(N2CCOCC2)c1. The van der Waals surface area contributed by atoms with Crippen LogP contribution in [0, 0.1) is 5.82 Å². The molecule has 41 heavy (non-hydrogen) atoms. The number of aromatic nitrogens is 1. The molecule has 5 rings (SSSR count). The van der Waals surface area contributed by atoms with Gasteiger partial charge in [-0.2, -0.15) is 0 Å². The number of benzene rings is 3. The number of fused-ring (bicyclic) bond motifs is 1. The van der Waals surface area contributed by atoms with Crippen LogP contribution in [0.15, 0.2) is 70.2 Å². The van der Waals surface area contributed by atoms with Crippen LogP contribution in [-0.4, -0.2) is 59.9 Å². The van der Waals surface area contributed by atoms with Crippen molar-refractivity contribution in [2.24, 2.45) is 0 Å². The topological polar surface area (TPSA) is 107 Å². The van der Waals surface area contributed by atoms with Crippen LogP contribution >= 0.6 is 15.9 Å². The van der Waals surface area contributed by atoms with Crippen molar-refractivity contribution in [2.75, 3.05) is 50.7 Å². The summed E-state index contributed by atoms with van der Waals surface area (Å²) in [6, 6.07) is 14.5. The van der Waals surface area contributed by atoms with E-state index in [1.807, 2.05) is 4.90 Å². The Kier molecular flexibility index (Phi) is 8.43. The lowest BCUT2D eigenvalue weighted by molar-refractivity contribution is 0.0600. The van der Waals surface area contributed by atoms with Gasteiger partial charge in [0.25, 0.3) is 0 Å². The summed E-state index contributed by atoms with van der Waals surface area (Å²) < 4.78 is 59.1. The first-order valence-electron chi connectivity index (χ1n) is 12.6. The Bertz CT molecular complexity index is 1710. The molecule has 214 valence electrons. The highest BCUT2D eigenvalue weighted by Crippen LogP contribution is 2.37. The molecule has 0 saturated carbocycles. The Labute approximate surface area is 245 Å². The van der Waals surface area contributed by atoms with Gasteiger partial charge in [-0.05, 0) is 48.0 Å². The second-order valence-electron chi connectivity index (χ2n) is 9.37. The Hall–Kier alpha value is -3.74. The summed E-state index contributed by atoms with van der Waals surface area (Å²) in [5.74, 6) is -0.984. The first-order chi connectivity index (χ1) is 19.7. The van der Waals surface area contributed by atoms with Crippen molar-refractivity contribution in [3.8, 4) is 5.75 Å². The summed E-state index contributed by atoms with van der Waals surface area (Å²) >= 11 is 3.28. The molecule has 0 amide bonds. The number of sulfone groups is 1. The van der Waals surface area contributed by atoms with E-state index in [1.165, 1.54) is 26.5 Å². The van der Waals surface area contributed by atoms with Crippen molar-refractivity contribution in [1.29, 1.82) is 0 Å². The summed E-state index contributed by atoms with van der Waals surface area (Å²) in [6.45, 7) is 2.25. The van der Waals surface area contributed by atoms with Gasteiger partial charge >= 0.3 is 5.97 Å². The van der Waals surface area contributed by atoms with E-state index in [-0.39, 0.29) is 32.8 Å². The Morgan fingerprint density at radius 2 is 1.83 bits per heavy atom. The van der Waals surface area contributed by atoms with Crippen LogP contribution in [-0.2, 0) is 25.1 Å². The number of pyridine rings is 1. The molecule has 1 aromatic heterocycles. The van der Waals surface area contributed by atoms with E-state index in [2.05, 4.69) is 26.2 Å². The van der Waals surface area contributed by atoms with Gasteiger partial charge in [0.2, 0.25) is 0 Å². The number of ether oxygens (including phenoxy) is 3. The number of rotatable bonds is 8. The predicted molar refractivity (Wildman–Crippen MR) is 157 cm³/mol. The Balaban J connectivity index is 1.65. The zero-order valence-electron chi connectivity index (χ0n) is 22.3. The molecule has 1 N–H and O–H groups in total. The zero-order chi connectivity index (χ0) is 29.1. The summed E-state index contributed by atoms with van der Waals surface area (Å²) in [6.07, 6.45) is 1.22. The number of methoxy groups -OCH3 is 2. The minimum Gasteiger partial charge on any atom is -0.497 e. The van der Waals surface area contributed by atoms with Crippen LogP contribution in [0.3, 0.4) is 0 Å². The Morgan fingerprint density at radius 1 is 1.10 bits per heavy atom. The third kappa shape index (κ3) is 6.29. The molecule has 3 aromatic carbocycles. The van der Waals surface area contributed by atoms with E-state index in [1.54, 1.807) is 48.5 Å². The van der Waals surface area contributed by atoms with Gasteiger partial charge in [0.1, 0.15) is 16.5 Å². The maximum absolute atomic E-state index is 15.5. The van der Waals surface area contributed by atoms with E-state index >= 15 is 4.39 Å². The average Bonchev–Trinajstić information content (AvgIpc) is 2.97. The minimum absolute atomic E-state index is 0.000370. The number of hydrogen-bond donors (Lipinski definition) is 1. The fourth-order valence-corrected chi connectivity index (χ4v) is 6.55. The molecule has 0 aliphatic carbocycles. The molecule has 4 aromatic rings. The van der Waals surface area contributed by atoms with E-state index in [0.717, 1.165) is 0 Å².